The summed E-state index contributed by atoms with van der Waals surface area (Å²) in [5.41, 5.74) is 6.83. The maximum absolute atomic E-state index is 12.2. The van der Waals surface area contributed by atoms with Gasteiger partial charge in [0.15, 0.2) is 0 Å². The predicted octanol–water partition coefficient (Wildman–Crippen LogP) is 2.88. The highest BCUT2D eigenvalue weighted by Gasteiger charge is 2.10. The first-order valence-corrected chi connectivity index (χ1v) is 7.14. The van der Waals surface area contributed by atoms with E-state index in [9.17, 15) is 9.59 Å². The molecule has 114 valence electrons. The number of hydrogen-bond donors (Lipinski definition) is 3. The summed E-state index contributed by atoms with van der Waals surface area (Å²) in [5, 5.41) is 5.96. The zero-order chi connectivity index (χ0) is 15.9. The standard InChI is InChI=1S/C16H16ClN3O2/c17-12-5-3-4-11(10-12)16(22)20-14-7-2-1-6-13(14)19-15(21)8-9-18/h1-7,10H,8-9,18H2,(H,19,21)(H,20,22). The summed E-state index contributed by atoms with van der Waals surface area (Å²) in [4.78, 5) is 23.9. The molecule has 2 rings (SSSR count). The fraction of sp³-hybridized carbons (Fsp3) is 0.125. The number of halogens is 1. The van der Waals surface area contributed by atoms with Crippen molar-refractivity contribution in [1.29, 1.82) is 0 Å². The van der Waals surface area contributed by atoms with E-state index in [0.29, 0.717) is 22.0 Å². The van der Waals surface area contributed by atoms with Gasteiger partial charge in [0.05, 0.1) is 11.4 Å². The summed E-state index contributed by atoms with van der Waals surface area (Å²) in [7, 11) is 0. The number of para-hydroxylation sites is 2. The van der Waals surface area contributed by atoms with Crippen LogP contribution in [0.3, 0.4) is 0 Å². The van der Waals surface area contributed by atoms with Crippen LogP contribution in [0.1, 0.15) is 16.8 Å². The third-order valence-electron chi connectivity index (χ3n) is 2.91. The van der Waals surface area contributed by atoms with Crippen molar-refractivity contribution >= 4 is 34.8 Å². The number of rotatable bonds is 5. The molecule has 0 radical (unpaired) electrons. The quantitative estimate of drug-likeness (QED) is 0.792. The van der Waals surface area contributed by atoms with Crippen LogP contribution in [0.5, 0.6) is 0 Å². The molecule has 0 aromatic heterocycles. The van der Waals surface area contributed by atoms with E-state index in [4.69, 9.17) is 17.3 Å². The normalized spacial score (nSPS) is 10.1. The SMILES string of the molecule is NCCC(=O)Nc1ccccc1NC(=O)c1cccc(Cl)c1. The molecule has 0 aliphatic carbocycles. The van der Waals surface area contributed by atoms with Crippen molar-refractivity contribution in [2.45, 2.75) is 6.42 Å². The average Bonchev–Trinajstić information content (AvgIpc) is 2.49. The molecule has 0 aliphatic rings. The van der Waals surface area contributed by atoms with E-state index in [2.05, 4.69) is 10.6 Å². The highest BCUT2D eigenvalue weighted by Crippen LogP contribution is 2.22. The van der Waals surface area contributed by atoms with Crippen molar-refractivity contribution in [3.05, 3.63) is 59.1 Å². The molecular weight excluding hydrogens is 302 g/mol. The van der Waals surface area contributed by atoms with Crippen LogP contribution in [0.2, 0.25) is 5.02 Å². The average molecular weight is 318 g/mol. The Bertz CT molecular complexity index is 689. The summed E-state index contributed by atoms with van der Waals surface area (Å²) in [6, 6.07) is 13.6. The maximum atomic E-state index is 12.2. The molecule has 0 heterocycles. The van der Waals surface area contributed by atoms with Crippen molar-refractivity contribution in [3.8, 4) is 0 Å². The molecular formula is C16H16ClN3O2. The van der Waals surface area contributed by atoms with Gasteiger partial charge in [0.1, 0.15) is 0 Å². The first-order chi connectivity index (χ1) is 10.6. The summed E-state index contributed by atoms with van der Waals surface area (Å²) >= 11 is 5.88. The summed E-state index contributed by atoms with van der Waals surface area (Å²) in [6.45, 7) is 0.267. The van der Waals surface area contributed by atoms with Crippen LogP contribution in [0.15, 0.2) is 48.5 Å². The zero-order valence-electron chi connectivity index (χ0n) is 11.8. The molecule has 5 nitrogen and oxygen atoms in total. The van der Waals surface area contributed by atoms with Gasteiger partial charge in [-0.15, -0.1) is 0 Å². The fourth-order valence-electron chi connectivity index (χ4n) is 1.87. The first kappa shape index (κ1) is 16.0. The van der Waals surface area contributed by atoms with E-state index >= 15 is 0 Å². The van der Waals surface area contributed by atoms with Gasteiger partial charge in [-0.05, 0) is 30.3 Å². The summed E-state index contributed by atoms with van der Waals surface area (Å²) < 4.78 is 0. The highest BCUT2D eigenvalue weighted by atomic mass is 35.5. The van der Waals surface area contributed by atoms with Crippen molar-refractivity contribution in [3.63, 3.8) is 0 Å². The van der Waals surface area contributed by atoms with E-state index in [1.807, 2.05) is 0 Å². The second-order valence-electron chi connectivity index (χ2n) is 4.60. The van der Waals surface area contributed by atoms with Crippen LogP contribution >= 0.6 is 11.6 Å². The largest absolute Gasteiger partial charge is 0.330 e. The van der Waals surface area contributed by atoms with Crippen molar-refractivity contribution in [2.75, 3.05) is 17.2 Å². The molecule has 0 atom stereocenters. The van der Waals surface area contributed by atoms with Gasteiger partial charge in [0.2, 0.25) is 5.91 Å². The molecule has 0 aliphatic heterocycles. The molecule has 0 unspecified atom stereocenters. The molecule has 4 N–H and O–H groups in total. The zero-order valence-corrected chi connectivity index (χ0v) is 12.6. The molecule has 0 bridgehead atoms. The van der Waals surface area contributed by atoms with Gasteiger partial charge in [0.25, 0.3) is 5.91 Å². The molecule has 2 aromatic rings. The summed E-state index contributed by atoms with van der Waals surface area (Å²) in [5.74, 6) is -0.505. The van der Waals surface area contributed by atoms with Gasteiger partial charge < -0.3 is 16.4 Å². The van der Waals surface area contributed by atoms with Crippen LogP contribution in [0.25, 0.3) is 0 Å². The van der Waals surface area contributed by atoms with Gasteiger partial charge in [-0.1, -0.05) is 29.8 Å². The third-order valence-corrected chi connectivity index (χ3v) is 3.14. The first-order valence-electron chi connectivity index (χ1n) is 6.76. The van der Waals surface area contributed by atoms with E-state index in [-0.39, 0.29) is 24.8 Å². The predicted molar refractivity (Wildman–Crippen MR) is 88.1 cm³/mol. The number of benzene rings is 2. The van der Waals surface area contributed by atoms with Crippen molar-refractivity contribution < 1.29 is 9.59 Å². The lowest BCUT2D eigenvalue weighted by Gasteiger charge is -2.12. The van der Waals surface area contributed by atoms with E-state index in [0.717, 1.165) is 0 Å². The second kappa shape index (κ2) is 7.59. The minimum Gasteiger partial charge on any atom is -0.330 e. The van der Waals surface area contributed by atoms with Crippen molar-refractivity contribution in [2.24, 2.45) is 5.73 Å². The molecule has 0 fully saturated rings. The second-order valence-corrected chi connectivity index (χ2v) is 5.03. The van der Waals surface area contributed by atoms with Crippen LogP contribution in [0.4, 0.5) is 11.4 Å². The Morgan fingerprint density at radius 3 is 2.32 bits per heavy atom. The molecule has 2 amide bonds. The van der Waals surface area contributed by atoms with Gasteiger partial charge >= 0.3 is 0 Å². The molecule has 6 heteroatoms. The number of nitrogens with one attached hydrogen (secondary N) is 2. The molecule has 2 aromatic carbocycles. The van der Waals surface area contributed by atoms with Crippen LogP contribution in [-0.2, 0) is 4.79 Å². The van der Waals surface area contributed by atoms with E-state index < -0.39 is 0 Å². The van der Waals surface area contributed by atoms with Gasteiger partial charge in [-0.3, -0.25) is 9.59 Å². The van der Waals surface area contributed by atoms with Gasteiger partial charge in [-0.25, -0.2) is 0 Å². The Hall–Kier alpha value is -2.37. The Morgan fingerprint density at radius 1 is 1.00 bits per heavy atom. The fourth-order valence-corrected chi connectivity index (χ4v) is 2.06. The minimum atomic E-state index is -0.303. The molecule has 0 spiro atoms. The van der Waals surface area contributed by atoms with Gasteiger partial charge in [-0.2, -0.15) is 0 Å². The third kappa shape index (κ3) is 4.31. The smallest absolute Gasteiger partial charge is 0.255 e. The van der Waals surface area contributed by atoms with Crippen LogP contribution in [0, 0.1) is 0 Å². The molecule has 0 saturated carbocycles. The van der Waals surface area contributed by atoms with Crippen LogP contribution < -0.4 is 16.4 Å². The van der Waals surface area contributed by atoms with E-state index in [1.54, 1.807) is 48.5 Å². The number of carbonyl (C=O) groups excluding carboxylic acids is 2. The Kier molecular flexibility index (Phi) is 5.52. The number of amides is 2. The lowest BCUT2D eigenvalue weighted by molar-refractivity contribution is -0.116. The monoisotopic (exact) mass is 317 g/mol. The Morgan fingerprint density at radius 2 is 1.68 bits per heavy atom. The highest BCUT2D eigenvalue weighted by molar-refractivity contribution is 6.31. The lowest BCUT2D eigenvalue weighted by Crippen LogP contribution is -2.18. The number of anilines is 2. The summed E-state index contributed by atoms with van der Waals surface area (Å²) in [6.07, 6.45) is 0.219. The number of nitrogens with two attached hydrogens (primary N) is 1. The van der Waals surface area contributed by atoms with Crippen molar-refractivity contribution in [1.82, 2.24) is 0 Å². The number of carbonyl (C=O) groups is 2. The minimum absolute atomic E-state index is 0.202. The van der Waals surface area contributed by atoms with Gasteiger partial charge in [0, 0.05) is 23.6 Å². The van der Waals surface area contributed by atoms with E-state index in [1.165, 1.54) is 0 Å². The van der Waals surface area contributed by atoms with Crippen LogP contribution in [-0.4, -0.2) is 18.4 Å². The topological polar surface area (TPSA) is 84.2 Å². The molecule has 22 heavy (non-hydrogen) atoms. The Balaban J connectivity index is 2.15. The number of hydrogen-bond acceptors (Lipinski definition) is 3. The Labute approximate surface area is 133 Å². The lowest BCUT2D eigenvalue weighted by atomic mass is 10.2. The maximum Gasteiger partial charge on any atom is 0.255 e. The molecule has 0 saturated heterocycles.